The van der Waals surface area contributed by atoms with Crippen molar-refractivity contribution in [1.82, 2.24) is 10.2 Å². The fourth-order valence-corrected chi connectivity index (χ4v) is 4.50. The Bertz CT molecular complexity index is 909. The molecule has 8 heteroatoms. The van der Waals surface area contributed by atoms with Crippen LogP contribution in [-0.2, 0) is 10.5 Å². The van der Waals surface area contributed by atoms with Crippen molar-refractivity contribution in [3.05, 3.63) is 75.8 Å². The minimum atomic E-state index is -0.254. The number of amides is 1. The van der Waals surface area contributed by atoms with E-state index < -0.39 is 0 Å². The first-order valence-electron chi connectivity index (χ1n) is 7.55. The van der Waals surface area contributed by atoms with E-state index in [9.17, 15) is 4.79 Å². The first kappa shape index (κ1) is 18.9. The van der Waals surface area contributed by atoms with Gasteiger partial charge in [-0.2, -0.15) is 0 Å². The normalized spacial score (nSPS) is 11.0. The summed E-state index contributed by atoms with van der Waals surface area (Å²) in [6, 6.07) is 15.0. The van der Waals surface area contributed by atoms with Crippen LogP contribution in [0.25, 0.3) is 6.08 Å². The molecule has 0 fully saturated rings. The molecule has 0 aliphatic carbocycles. The number of nitrogens with one attached hydrogen (secondary N) is 1. The third kappa shape index (κ3) is 5.32. The van der Waals surface area contributed by atoms with Crippen LogP contribution in [0.5, 0.6) is 0 Å². The Morgan fingerprint density at radius 1 is 1.08 bits per heavy atom. The second kappa shape index (κ2) is 9.19. The van der Waals surface area contributed by atoms with E-state index in [0.29, 0.717) is 20.9 Å². The summed E-state index contributed by atoms with van der Waals surface area (Å²) in [6.45, 7) is 0. The van der Waals surface area contributed by atoms with E-state index in [1.807, 2.05) is 30.3 Å². The molecular weight excluding hydrogens is 409 g/mol. The van der Waals surface area contributed by atoms with E-state index in [1.165, 1.54) is 29.2 Å². The molecule has 26 heavy (non-hydrogen) atoms. The minimum Gasteiger partial charge on any atom is -0.297 e. The van der Waals surface area contributed by atoms with Crippen molar-refractivity contribution in [3.63, 3.8) is 0 Å². The van der Waals surface area contributed by atoms with E-state index in [0.717, 1.165) is 15.5 Å². The predicted octanol–water partition coefficient (Wildman–Crippen LogP) is 5.79. The molecule has 3 rings (SSSR count). The van der Waals surface area contributed by atoms with Crippen molar-refractivity contribution in [2.24, 2.45) is 0 Å². The van der Waals surface area contributed by atoms with Gasteiger partial charge in [0.2, 0.25) is 11.0 Å². The number of carbonyl (C=O) groups is 1. The lowest BCUT2D eigenvalue weighted by molar-refractivity contribution is -0.111. The van der Waals surface area contributed by atoms with Crippen LogP contribution in [0.15, 0.2) is 58.9 Å². The Labute approximate surface area is 169 Å². The molecule has 0 spiro atoms. The summed E-state index contributed by atoms with van der Waals surface area (Å²) >= 11 is 15.1. The smallest absolute Gasteiger partial charge is 0.250 e. The Morgan fingerprint density at radius 2 is 1.81 bits per heavy atom. The molecular formula is C18H13Cl2N3OS2. The SMILES string of the molecule is O=C(/C=C/c1ccccc1)Nc1nnc(SCc2c(Cl)cccc2Cl)s1. The molecule has 132 valence electrons. The fourth-order valence-electron chi connectivity index (χ4n) is 2.01. The second-order valence-electron chi connectivity index (χ2n) is 5.10. The van der Waals surface area contributed by atoms with Gasteiger partial charge < -0.3 is 0 Å². The van der Waals surface area contributed by atoms with Gasteiger partial charge in [0.25, 0.3) is 0 Å². The molecule has 4 nitrogen and oxygen atoms in total. The van der Waals surface area contributed by atoms with Gasteiger partial charge in [-0.3, -0.25) is 10.1 Å². The lowest BCUT2D eigenvalue weighted by atomic mass is 10.2. The maximum absolute atomic E-state index is 12.0. The average Bonchev–Trinajstić information content (AvgIpc) is 3.08. The zero-order chi connectivity index (χ0) is 18.4. The maximum Gasteiger partial charge on any atom is 0.250 e. The molecule has 0 bridgehead atoms. The highest BCUT2D eigenvalue weighted by atomic mass is 35.5. The Morgan fingerprint density at radius 3 is 2.54 bits per heavy atom. The first-order chi connectivity index (χ1) is 12.6. The van der Waals surface area contributed by atoms with Gasteiger partial charge in [0, 0.05) is 21.9 Å². The van der Waals surface area contributed by atoms with Crippen LogP contribution in [0.4, 0.5) is 5.13 Å². The van der Waals surface area contributed by atoms with E-state index in [-0.39, 0.29) is 5.91 Å². The number of nitrogens with zero attached hydrogens (tertiary/aromatic N) is 2. The number of carbonyl (C=O) groups excluding carboxylic acids is 1. The van der Waals surface area contributed by atoms with Gasteiger partial charge in [-0.15, -0.1) is 10.2 Å². The third-order valence-electron chi connectivity index (χ3n) is 3.26. The molecule has 0 atom stereocenters. The van der Waals surface area contributed by atoms with Crippen LogP contribution >= 0.6 is 46.3 Å². The molecule has 0 saturated heterocycles. The topological polar surface area (TPSA) is 54.9 Å². The molecule has 0 aliphatic heterocycles. The highest BCUT2D eigenvalue weighted by Gasteiger charge is 2.10. The predicted molar refractivity (Wildman–Crippen MR) is 110 cm³/mol. The van der Waals surface area contributed by atoms with Crippen LogP contribution in [0.2, 0.25) is 10.0 Å². The number of halogens is 2. The minimum absolute atomic E-state index is 0.254. The summed E-state index contributed by atoms with van der Waals surface area (Å²) in [6.07, 6.45) is 3.21. The highest BCUT2D eigenvalue weighted by molar-refractivity contribution is 8.00. The van der Waals surface area contributed by atoms with Crippen molar-refractivity contribution in [2.45, 2.75) is 10.1 Å². The largest absolute Gasteiger partial charge is 0.297 e. The number of hydrogen-bond acceptors (Lipinski definition) is 5. The summed E-state index contributed by atoms with van der Waals surface area (Å²) in [5.74, 6) is 0.324. The average molecular weight is 422 g/mol. The van der Waals surface area contributed by atoms with Gasteiger partial charge in [0.05, 0.1) is 0 Å². The van der Waals surface area contributed by atoms with Gasteiger partial charge in [0.15, 0.2) is 4.34 Å². The van der Waals surface area contributed by atoms with Gasteiger partial charge >= 0.3 is 0 Å². The molecule has 1 heterocycles. The van der Waals surface area contributed by atoms with E-state index in [4.69, 9.17) is 23.2 Å². The third-order valence-corrected chi connectivity index (χ3v) is 5.97. The van der Waals surface area contributed by atoms with E-state index >= 15 is 0 Å². The van der Waals surface area contributed by atoms with E-state index in [1.54, 1.807) is 24.3 Å². The van der Waals surface area contributed by atoms with Crippen molar-refractivity contribution < 1.29 is 4.79 Å². The highest BCUT2D eigenvalue weighted by Crippen LogP contribution is 2.33. The summed E-state index contributed by atoms with van der Waals surface area (Å²) in [4.78, 5) is 12.0. The van der Waals surface area contributed by atoms with Gasteiger partial charge in [-0.1, -0.05) is 82.7 Å². The molecule has 1 amide bonds. The quantitative estimate of drug-likeness (QED) is 0.310. The first-order valence-corrected chi connectivity index (χ1v) is 10.1. The standard InChI is InChI=1S/C18H13Cl2N3OS2/c19-14-7-4-8-15(20)13(14)11-25-18-23-22-17(26-18)21-16(24)10-9-12-5-2-1-3-6-12/h1-10H,11H2,(H,21,22,24)/b10-9+. The number of benzene rings is 2. The molecule has 1 aromatic heterocycles. The monoisotopic (exact) mass is 421 g/mol. The summed E-state index contributed by atoms with van der Waals surface area (Å²) in [5, 5.41) is 12.4. The number of thioether (sulfide) groups is 1. The molecule has 0 radical (unpaired) electrons. The molecule has 0 unspecified atom stereocenters. The van der Waals surface area contributed by atoms with Crippen LogP contribution in [0.1, 0.15) is 11.1 Å². The summed E-state index contributed by atoms with van der Waals surface area (Å²) < 4.78 is 0.725. The molecule has 2 aromatic carbocycles. The zero-order valence-electron chi connectivity index (χ0n) is 13.4. The van der Waals surface area contributed by atoms with Gasteiger partial charge in [0.1, 0.15) is 0 Å². The van der Waals surface area contributed by atoms with Crippen LogP contribution < -0.4 is 5.32 Å². The van der Waals surface area contributed by atoms with Gasteiger partial charge in [-0.25, -0.2) is 0 Å². The van der Waals surface area contributed by atoms with E-state index in [2.05, 4.69) is 15.5 Å². The lowest BCUT2D eigenvalue weighted by Crippen LogP contribution is -2.07. The summed E-state index contributed by atoms with van der Waals surface area (Å²) in [7, 11) is 0. The number of hydrogen-bond donors (Lipinski definition) is 1. The van der Waals surface area contributed by atoms with Crippen molar-refractivity contribution in [2.75, 3.05) is 5.32 Å². The Hall–Kier alpha value is -1.86. The zero-order valence-corrected chi connectivity index (χ0v) is 16.5. The van der Waals surface area contributed by atoms with Crippen LogP contribution in [0.3, 0.4) is 0 Å². The van der Waals surface area contributed by atoms with Crippen LogP contribution in [-0.4, -0.2) is 16.1 Å². The molecule has 0 saturated carbocycles. The molecule has 1 N–H and O–H groups in total. The van der Waals surface area contributed by atoms with Crippen molar-refractivity contribution >= 4 is 63.4 Å². The fraction of sp³-hybridized carbons (Fsp3) is 0.0556. The number of rotatable bonds is 6. The molecule has 0 aliphatic rings. The number of aromatic nitrogens is 2. The Balaban J connectivity index is 1.56. The van der Waals surface area contributed by atoms with Crippen LogP contribution in [0, 0.1) is 0 Å². The maximum atomic E-state index is 12.0. The van der Waals surface area contributed by atoms with Crippen molar-refractivity contribution in [1.29, 1.82) is 0 Å². The second-order valence-corrected chi connectivity index (χ2v) is 8.11. The van der Waals surface area contributed by atoms with Gasteiger partial charge in [-0.05, 0) is 29.3 Å². The van der Waals surface area contributed by atoms with Crippen molar-refractivity contribution in [3.8, 4) is 0 Å². The molecule has 3 aromatic rings. The Kier molecular flexibility index (Phi) is 6.68. The lowest BCUT2D eigenvalue weighted by Gasteiger charge is -2.04. The number of anilines is 1. The summed E-state index contributed by atoms with van der Waals surface area (Å²) in [5.41, 5.74) is 1.81.